The second-order valence-corrected chi connectivity index (χ2v) is 5.86. The van der Waals surface area contributed by atoms with Gasteiger partial charge in [-0.05, 0) is 46.6 Å². The Hall–Kier alpha value is -2.08. The molecule has 1 aromatic carbocycles. The standard InChI is InChI=1S/C16H15BrN2O3/c17-14-9-8-13(22-14)16(21)19(12-5-2-1-3-6-12)11-18-10-4-7-15(18)20/h1-3,5-6,8-9H,4,7,10-11H2. The minimum Gasteiger partial charge on any atom is -0.444 e. The number of amides is 2. The first kappa shape index (κ1) is 14.8. The van der Waals surface area contributed by atoms with Crippen molar-refractivity contribution in [3.8, 4) is 0 Å². The smallest absolute Gasteiger partial charge is 0.295 e. The van der Waals surface area contributed by atoms with Gasteiger partial charge in [0.15, 0.2) is 10.4 Å². The number of hydrogen-bond acceptors (Lipinski definition) is 3. The summed E-state index contributed by atoms with van der Waals surface area (Å²) < 4.78 is 5.86. The normalized spacial score (nSPS) is 14.4. The summed E-state index contributed by atoms with van der Waals surface area (Å²) in [7, 11) is 0. The van der Waals surface area contributed by atoms with E-state index >= 15 is 0 Å². The molecular weight excluding hydrogens is 348 g/mol. The van der Waals surface area contributed by atoms with Crippen LogP contribution in [-0.2, 0) is 4.79 Å². The van der Waals surface area contributed by atoms with Gasteiger partial charge in [0.2, 0.25) is 5.91 Å². The molecule has 6 heteroatoms. The quantitative estimate of drug-likeness (QED) is 0.838. The molecule has 2 amide bonds. The highest BCUT2D eigenvalue weighted by Gasteiger charge is 2.27. The van der Waals surface area contributed by atoms with Crippen LogP contribution in [0.2, 0.25) is 0 Å². The summed E-state index contributed by atoms with van der Waals surface area (Å²) in [5.74, 6) is 0.0494. The molecule has 0 saturated carbocycles. The Morgan fingerprint density at radius 3 is 2.59 bits per heavy atom. The number of hydrogen-bond donors (Lipinski definition) is 0. The van der Waals surface area contributed by atoms with Crippen molar-refractivity contribution >= 4 is 33.4 Å². The van der Waals surface area contributed by atoms with Crippen LogP contribution in [0.25, 0.3) is 0 Å². The molecule has 114 valence electrons. The van der Waals surface area contributed by atoms with Crippen LogP contribution in [0.15, 0.2) is 51.6 Å². The van der Waals surface area contributed by atoms with Crippen molar-refractivity contribution in [3.05, 3.63) is 52.9 Å². The number of likely N-dealkylation sites (tertiary alicyclic amines) is 1. The Morgan fingerprint density at radius 1 is 1.23 bits per heavy atom. The fourth-order valence-corrected chi connectivity index (χ4v) is 2.76. The lowest BCUT2D eigenvalue weighted by Gasteiger charge is -2.27. The Morgan fingerprint density at radius 2 is 2.00 bits per heavy atom. The first-order valence-corrected chi connectivity index (χ1v) is 7.84. The lowest BCUT2D eigenvalue weighted by atomic mass is 10.2. The van der Waals surface area contributed by atoms with E-state index in [0.29, 0.717) is 17.6 Å². The summed E-state index contributed by atoms with van der Waals surface area (Å²) >= 11 is 3.20. The number of halogens is 1. The van der Waals surface area contributed by atoms with Gasteiger partial charge in [0.1, 0.15) is 6.67 Å². The summed E-state index contributed by atoms with van der Waals surface area (Å²) in [6.45, 7) is 0.914. The minimum absolute atomic E-state index is 0.0781. The van der Waals surface area contributed by atoms with E-state index in [4.69, 9.17) is 4.42 Å². The number of furan rings is 1. The molecule has 2 heterocycles. The van der Waals surface area contributed by atoms with Crippen molar-refractivity contribution in [1.29, 1.82) is 0 Å². The number of carbonyl (C=O) groups is 2. The van der Waals surface area contributed by atoms with Gasteiger partial charge in [-0.25, -0.2) is 0 Å². The first-order valence-electron chi connectivity index (χ1n) is 7.05. The van der Waals surface area contributed by atoms with Crippen LogP contribution in [-0.4, -0.2) is 29.9 Å². The average Bonchev–Trinajstić information content (AvgIpc) is 3.14. The van der Waals surface area contributed by atoms with Gasteiger partial charge in [-0.3, -0.25) is 14.5 Å². The zero-order valence-electron chi connectivity index (χ0n) is 11.9. The second kappa shape index (κ2) is 6.36. The van der Waals surface area contributed by atoms with Crippen molar-refractivity contribution in [2.45, 2.75) is 12.8 Å². The van der Waals surface area contributed by atoms with Crippen LogP contribution < -0.4 is 4.90 Å². The van der Waals surface area contributed by atoms with E-state index in [2.05, 4.69) is 15.9 Å². The number of benzene rings is 1. The van der Waals surface area contributed by atoms with Crippen molar-refractivity contribution < 1.29 is 14.0 Å². The number of carbonyl (C=O) groups excluding carboxylic acids is 2. The third-order valence-corrected chi connectivity index (χ3v) is 4.01. The van der Waals surface area contributed by atoms with E-state index in [-0.39, 0.29) is 24.2 Å². The van der Waals surface area contributed by atoms with Crippen LogP contribution in [0, 0.1) is 0 Å². The van der Waals surface area contributed by atoms with Gasteiger partial charge in [0, 0.05) is 18.7 Å². The molecule has 3 rings (SSSR count). The van der Waals surface area contributed by atoms with Gasteiger partial charge >= 0.3 is 0 Å². The number of nitrogens with zero attached hydrogens (tertiary/aromatic N) is 2. The number of para-hydroxylation sites is 1. The highest BCUT2D eigenvalue weighted by atomic mass is 79.9. The molecule has 1 aliphatic rings. The molecule has 0 atom stereocenters. The van der Waals surface area contributed by atoms with Crippen molar-refractivity contribution in [3.63, 3.8) is 0 Å². The lowest BCUT2D eigenvalue weighted by Crippen LogP contribution is -2.42. The summed E-state index contributed by atoms with van der Waals surface area (Å²) in [4.78, 5) is 27.8. The van der Waals surface area contributed by atoms with Gasteiger partial charge in [0.05, 0.1) is 0 Å². The molecule has 1 aliphatic heterocycles. The van der Waals surface area contributed by atoms with Crippen LogP contribution in [0.1, 0.15) is 23.4 Å². The molecule has 1 aromatic heterocycles. The van der Waals surface area contributed by atoms with E-state index in [0.717, 1.165) is 12.1 Å². The number of anilines is 1. The summed E-state index contributed by atoms with van der Waals surface area (Å²) in [5, 5.41) is 0. The van der Waals surface area contributed by atoms with E-state index < -0.39 is 0 Å². The maximum atomic E-state index is 12.7. The van der Waals surface area contributed by atoms with Gasteiger partial charge in [-0.2, -0.15) is 0 Å². The lowest BCUT2D eigenvalue weighted by molar-refractivity contribution is -0.127. The fraction of sp³-hybridized carbons (Fsp3) is 0.250. The fourth-order valence-electron chi connectivity index (χ4n) is 2.46. The SMILES string of the molecule is O=C1CCCN1CN(C(=O)c1ccc(Br)o1)c1ccccc1. The molecule has 0 bridgehead atoms. The van der Waals surface area contributed by atoms with Crippen LogP contribution in [0.5, 0.6) is 0 Å². The molecule has 2 aromatic rings. The largest absolute Gasteiger partial charge is 0.444 e. The second-order valence-electron chi connectivity index (χ2n) is 5.07. The van der Waals surface area contributed by atoms with Gasteiger partial charge in [0.25, 0.3) is 5.91 Å². The van der Waals surface area contributed by atoms with Gasteiger partial charge < -0.3 is 9.32 Å². The molecule has 22 heavy (non-hydrogen) atoms. The van der Waals surface area contributed by atoms with E-state index in [9.17, 15) is 9.59 Å². The van der Waals surface area contributed by atoms with E-state index in [1.54, 1.807) is 21.9 Å². The molecule has 1 saturated heterocycles. The van der Waals surface area contributed by atoms with Crippen molar-refractivity contribution in [2.24, 2.45) is 0 Å². The third-order valence-electron chi connectivity index (χ3n) is 3.58. The Labute approximate surface area is 136 Å². The maximum absolute atomic E-state index is 12.7. The molecule has 0 N–H and O–H groups in total. The summed E-state index contributed by atoms with van der Waals surface area (Å²) in [6, 6.07) is 12.6. The molecule has 1 fully saturated rings. The van der Waals surface area contributed by atoms with E-state index in [1.165, 1.54) is 0 Å². The Bertz CT molecular complexity index is 684. The Balaban J connectivity index is 1.89. The monoisotopic (exact) mass is 362 g/mol. The molecule has 0 unspecified atom stereocenters. The van der Waals surface area contributed by atoms with Crippen LogP contribution in [0.3, 0.4) is 0 Å². The number of rotatable bonds is 4. The Kier molecular flexibility index (Phi) is 4.29. The highest BCUT2D eigenvalue weighted by Crippen LogP contribution is 2.22. The highest BCUT2D eigenvalue weighted by molar-refractivity contribution is 9.10. The van der Waals surface area contributed by atoms with Crippen molar-refractivity contribution in [2.75, 3.05) is 18.1 Å². The van der Waals surface area contributed by atoms with E-state index in [1.807, 2.05) is 30.3 Å². The van der Waals surface area contributed by atoms with Crippen LogP contribution >= 0.6 is 15.9 Å². The first-order chi connectivity index (χ1) is 10.6. The zero-order chi connectivity index (χ0) is 15.5. The zero-order valence-corrected chi connectivity index (χ0v) is 13.5. The van der Waals surface area contributed by atoms with Gasteiger partial charge in [-0.15, -0.1) is 0 Å². The molecular formula is C16H15BrN2O3. The minimum atomic E-state index is -0.267. The van der Waals surface area contributed by atoms with Gasteiger partial charge in [-0.1, -0.05) is 18.2 Å². The predicted molar refractivity (Wildman–Crippen MR) is 85.5 cm³/mol. The topological polar surface area (TPSA) is 53.8 Å². The summed E-state index contributed by atoms with van der Waals surface area (Å²) in [5.41, 5.74) is 0.736. The molecule has 0 radical (unpaired) electrons. The maximum Gasteiger partial charge on any atom is 0.295 e. The molecule has 0 spiro atoms. The average molecular weight is 363 g/mol. The van der Waals surface area contributed by atoms with Crippen molar-refractivity contribution in [1.82, 2.24) is 4.90 Å². The molecule has 5 nitrogen and oxygen atoms in total. The predicted octanol–water partition coefficient (Wildman–Crippen LogP) is 3.27. The third kappa shape index (κ3) is 3.06. The summed E-state index contributed by atoms with van der Waals surface area (Å²) in [6.07, 6.45) is 1.38. The molecule has 0 aliphatic carbocycles. The van der Waals surface area contributed by atoms with Crippen LogP contribution in [0.4, 0.5) is 5.69 Å².